The Bertz CT molecular complexity index is 222. The minimum atomic E-state index is 0.131. The quantitative estimate of drug-likeness (QED) is 0.655. The molecule has 3 unspecified atom stereocenters. The summed E-state index contributed by atoms with van der Waals surface area (Å²) in [6, 6.07) is 0.481. The number of nitrogens with one attached hydrogen (secondary N) is 2. The first kappa shape index (κ1) is 13.8. The van der Waals surface area contributed by atoms with Crippen LogP contribution in [0.4, 0.5) is 0 Å². The third-order valence-corrected chi connectivity index (χ3v) is 4.19. The Labute approximate surface area is 102 Å². The van der Waals surface area contributed by atoms with Gasteiger partial charge in [-0.3, -0.25) is 4.79 Å². The minimum absolute atomic E-state index is 0.131. The highest BCUT2D eigenvalue weighted by Gasteiger charge is 2.22. The van der Waals surface area contributed by atoms with Crippen LogP contribution in [0.25, 0.3) is 0 Å². The van der Waals surface area contributed by atoms with Crippen LogP contribution >= 0.6 is 11.8 Å². The lowest BCUT2D eigenvalue weighted by atomic mass is 10.1. The number of carbonyl (C=O) groups is 1. The fourth-order valence-electron chi connectivity index (χ4n) is 2.03. The molecule has 94 valence electrons. The van der Waals surface area contributed by atoms with Crippen LogP contribution in [0.15, 0.2) is 0 Å². The maximum Gasteiger partial charge on any atom is 0.221 e. The lowest BCUT2D eigenvalue weighted by Crippen LogP contribution is -2.44. The fraction of sp³-hybridized carbons (Fsp3) is 0.909. The molecule has 3 N–H and O–H groups in total. The number of rotatable bonds is 5. The second-order valence-electron chi connectivity index (χ2n) is 4.31. The van der Waals surface area contributed by atoms with Crippen LogP contribution in [-0.2, 0) is 4.79 Å². The van der Waals surface area contributed by atoms with Gasteiger partial charge in [0.1, 0.15) is 0 Å². The molecule has 0 aromatic heterocycles. The zero-order chi connectivity index (χ0) is 12.0. The van der Waals surface area contributed by atoms with Crippen molar-refractivity contribution >= 4 is 17.7 Å². The molecule has 16 heavy (non-hydrogen) atoms. The van der Waals surface area contributed by atoms with Crippen molar-refractivity contribution in [1.29, 1.82) is 0 Å². The molecule has 1 aliphatic rings. The molecule has 1 aliphatic heterocycles. The van der Waals surface area contributed by atoms with Crippen molar-refractivity contribution in [1.82, 2.24) is 10.6 Å². The smallest absolute Gasteiger partial charge is 0.221 e. The Morgan fingerprint density at radius 1 is 1.69 bits per heavy atom. The Hall–Kier alpha value is -0.260. The van der Waals surface area contributed by atoms with E-state index in [1.807, 2.05) is 6.26 Å². The van der Waals surface area contributed by atoms with Gasteiger partial charge in [0.25, 0.3) is 0 Å². The molecule has 0 radical (unpaired) electrons. The highest BCUT2D eigenvalue weighted by Crippen LogP contribution is 2.13. The number of carbonyl (C=O) groups excluding carboxylic acids is 1. The highest BCUT2D eigenvalue weighted by atomic mass is 32.2. The van der Waals surface area contributed by atoms with E-state index >= 15 is 0 Å². The molecule has 3 atom stereocenters. The SMILES string of the molecule is CSC(CO)C(C)NC1CCCNC(=O)C1. The summed E-state index contributed by atoms with van der Waals surface area (Å²) in [5.41, 5.74) is 0. The molecule has 0 spiro atoms. The number of hydrogen-bond donors (Lipinski definition) is 3. The number of amides is 1. The van der Waals surface area contributed by atoms with Crippen LogP contribution < -0.4 is 10.6 Å². The third-order valence-electron chi connectivity index (χ3n) is 3.02. The van der Waals surface area contributed by atoms with Crippen LogP contribution in [0.5, 0.6) is 0 Å². The molecular weight excluding hydrogens is 224 g/mol. The van der Waals surface area contributed by atoms with Gasteiger partial charge in [-0.1, -0.05) is 0 Å². The molecular formula is C11H22N2O2S. The largest absolute Gasteiger partial charge is 0.395 e. The van der Waals surface area contributed by atoms with E-state index in [2.05, 4.69) is 17.6 Å². The molecule has 1 fully saturated rings. The predicted octanol–water partition coefficient (Wildman–Crippen LogP) is 0.357. The van der Waals surface area contributed by atoms with Gasteiger partial charge >= 0.3 is 0 Å². The van der Waals surface area contributed by atoms with Crippen molar-refractivity contribution in [3.05, 3.63) is 0 Å². The summed E-state index contributed by atoms with van der Waals surface area (Å²) in [7, 11) is 0. The number of thioether (sulfide) groups is 1. The third kappa shape index (κ3) is 4.31. The van der Waals surface area contributed by atoms with E-state index in [0.29, 0.717) is 6.42 Å². The Balaban J connectivity index is 2.41. The fourth-order valence-corrected chi connectivity index (χ4v) is 2.67. The summed E-state index contributed by atoms with van der Waals surface area (Å²) in [6.07, 6.45) is 4.60. The first-order chi connectivity index (χ1) is 7.67. The lowest BCUT2D eigenvalue weighted by molar-refractivity contribution is -0.121. The van der Waals surface area contributed by atoms with Gasteiger partial charge in [-0.15, -0.1) is 0 Å². The van der Waals surface area contributed by atoms with E-state index < -0.39 is 0 Å². The second kappa shape index (κ2) is 7.14. The van der Waals surface area contributed by atoms with Gasteiger partial charge in [0.05, 0.1) is 6.61 Å². The second-order valence-corrected chi connectivity index (χ2v) is 5.38. The van der Waals surface area contributed by atoms with Gasteiger partial charge in [0, 0.05) is 30.3 Å². The van der Waals surface area contributed by atoms with Gasteiger partial charge in [-0.2, -0.15) is 11.8 Å². The summed E-state index contributed by atoms with van der Waals surface area (Å²) in [5.74, 6) is 0.131. The van der Waals surface area contributed by atoms with Gasteiger partial charge in [-0.05, 0) is 26.0 Å². The van der Waals surface area contributed by atoms with Gasteiger partial charge in [0.15, 0.2) is 0 Å². The van der Waals surface area contributed by atoms with E-state index in [0.717, 1.165) is 19.4 Å². The number of aliphatic hydroxyl groups excluding tert-OH is 1. The molecule has 0 aromatic carbocycles. The zero-order valence-corrected chi connectivity index (χ0v) is 10.8. The van der Waals surface area contributed by atoms with E-state index in [-0.39, 0.29) is 29.8 Å². The minimum Gasteiger partial charge on any atom is -0.395 e. The van der Waals surface area contributed by atoms with E-state index in [4.69, 9.17) is 0 Å². The topological polar surface area (TPSA) is 61.4 Å². The maximum absolute atomic E-state index is 11.4. The summed E-state index contributed by atoms with van der Waals surface area (Å²) < 4.78 is 0. The summed E-state index contributed by atoms with van der Waals surface area (Å²) >= 11 is 1.66. The molecule has 0 saturated carbocycles. The number of aliphatic hydroxyl groups is 1. The van der Waals surface area contributed by atoms with Crippen LogP contribution in [0, 0.1) is 0 Å². The van der Waals surface area contributed by atoms with Crippen molar-refractivity contribution in [3.8, 4) is 0 Å². The van der Waals surface area contributed by atoms with Crippen molar-refractivity contribution < 1.29 is 9.90 Å². The van der Waals surface area contributed by atoms with Gasteiger partial charge < -0.3 is 15.7 Å². The maximum atomic E-state index is 11.4. The molecule has 4 nitrogen and oxygen atoms in total. The average Bonchev–Trinajstić information content (AvgIpc) is 2.44. The van der Waals surface area contributed by atoms with Gasteiger partial charge in [-0.25, -0.2) is 0 Å². The molecule has 5 heteroatoms. The Kier molecular flexibility index (Phi) is 6.16. The summed E-state index contributed by atoms with van der Waals surface area (Å²) in [5, 5.41) is 15.7. The van der Waals surface area contributed by atoms with Crippen LogP contribution in [0.2, 0.25) is 0 Å². The van der Waals surface area contributed by atoms with Crippen LogP contribution in [0.3, 0.4) is 0 Å². The lowest BCUT2D eigenvalue weighted by Gasteiger charge is -2.26. The predicted molar refractivity (Wildman–Crippen MR) is 67.6 cm³/mol. The monoisotopic (exact) mass is 246 g/mol. The van der Waals surface area contributed by atoms with E-state index in [9.17, 15) is 9.90 Å². The van der Waals surface area contributed by atoms with Crippen molar-refractivity contribution in [2.24, 2.45) is 0 Å². The Morgan fingerprint density at radius 3 is 3.06 bits per heavy atom. The van der Waals surface area contributed by atoms with Crippen molar-refractivity contribution in [3.63, 3.8) is 0 Å². The van der Waals surface area contributed by atoms with Crippen LogP contribution in [-0.4, -0.2) is 47.8 Å². The van der Waals surface area contributed by atoms with Crippen molar-refractivity contribution in [2.75, 3.05) is 19.4 Å². The molecule has 1 heterocycles. The molecule has 1 saturated heterocycles. The Morgan fingerprint density at radius 2 is 2.44 bits per heavy atom. The standard InChI is InChI=1S/C11H22N2O2S/c1-8(10(7-14)16-2)13-9-4-3-5-12-11(15)6-9/h8-10,13-14H,3-7H2,1-2H3,(H,12,15). The molecule has 0 aliphatic carbocycles. The summed E-state index contributed by atoms with van der Waals surface area (Å²) in [4.78, 5) is 11.4. The summed E-state index contributed by atoms with van der Waals surface area (Å²) in [6.45, 7) is 3.03. The average molecular weight is 246 g/mol. The molecule has 0 aromatic rings. The molecule has 0 bridgehead atoms. The highest BCUT2D eigenvalue weighted by molar-refractivity contribution is 7.99. The first-order valence-electron chi connectivity index (χ1n) is 5.83. The zero-order valence-electron chi connectivity index (χ0n) is 10.0. The molecule has 1 amide bonds. The van der Waals surface area contributed by atoms with Crippen LogP contribution in [0.1, 0.15) is 26.2 Å². The molecule has 1 rings (SSSR count). The normalized spacial score (nSPS) is 25.7. The van der Waals surface area contributed by atoms with Crippen molar-refractivity contribution in [2.45, 2.75) is 43.5 Å². The van der Waals surface area contributed by atoms with E-state index in [1.165, 1.54) is 0 Å². The van der Waals surface area contributed by atoms with E-state index in [1.54, 1.807) is 11.8 Å². The number of hydrogen-bond acceptors (Lipinski definition) is 4. The first-order valence-corrected chi connectivity index (χ1v) is 7.12. The van der Waals surface area contributed by atoms with Gasteiger partial charge in [0.2, 0.25) is 5.91 Å².